The second kappa shape index (κ2) is 12.9. The first kappa shape index (κ1) is 27.0. The van der Waals surface area contributed by atoms with E-state index in [2.05, 4.69) is 5.16 Å². The minimum absolute atomic E-state index is 0.0670. The Kier molecular flexibility index (Phi) is 10.5. The normalized spacial score (nSPS) is 11.7. The third-order valence-corrected chi connectivity index (χ3v) is 4.88. The molecule has 0 unspecified atom stereocenters. The molecule has 33 heavy (non-hydrogen) atoms. The fraction of sp³-hybridized carbons (Fsp3) is 0.348. The maximum absolute atomic E-state index is 13.3. The van der Waals surface area contributed by atoms with Gasteiger partial charge in [0.2, 0.25) is 0 Å². The van der Waals surface area contributed by atoms with Gasteiger partial charge in [-0.25, -0.2) is 8.78 Å². The Morgan fingerprint density at radius 3 is 2.30 bits per heavy atom. The van der Waals surface area contributed by atoms with Crippen LogP contribution in [0.1, 0.15) is 31.4 Å². The van der Waals surface area contributed by atoms with E-state index in [0.29, 0.717) is 53.2 Å². The second-order valence-corrected chi connectivity index (χ2v) is 8.32. The number of hydrogen-bond acceptors (Lipinski definition) is 5. The highest BCUT2D eigenvalue weighted by Gasteiger charge is 2.23. The van der Waals surface area contributed by atoms with E-state index in [-0.39, 0.29) is 16.7 Å². The van der Waals surface area contributed by atoms with Gasteiger partial charge in [-0.15, -0.1) is 0 Å². The largest absolute Gasteiger partial charge is 0.493 e. The summed E-state index contributed by atoms with van der Waals surface area (Å²) in [6, 6.07) is 9.04. The highest BCUT2D eigenvalue weighted by molar-refractivity contribution is 6.55. The molecule has 2 aromatic carbocycles. The Hall–Kier alpha value is -2.22. The Balaban J connectivity index is 1.99. The molecule has 0 saturated heterocycles. The standard InChI is InChI=1S/C23H24Cl3F2NO4/c1-15(29-30-3)19-13-18(32-12-9-21(25)26)14-20(24)22(19)33-11-4-10-31-17-7-5-16(6-8-17)23(2,27)28/h5-9,13-14H,4,10-12H2,1-3H3/b29-15-. The summed E-state index contributed by atoms with van der Waals surface area (Å²) >= 11 is 17.6. The number of hydrogen-bond donors (Lipinski definition) is 0. The van der Waals surface area contributed by atoms with E-state index >= 15 is 0 Å². The van der Waals surface area contributed by atoms with Gasteiger partial charge < -0.3 is 19.0 Å². The van der Waals surface area contributed by atoms with Crippen LogP contribution in [0.3, 0.4) is 0 Å². The van der Waals surface area contributed by atoms with E-state index in [1.54, 1.807) is 19.1 Å². The van der Waals surface area contributed by atoms with Crippen LogP contribution in [0.25, 0.3) is 0 Å². The average molecular weight is 523 g/mol. The lowest BCUT2D eigenvalue weighted by atomic mass is 10.1. The molecule has 0 aliphatic rings. The summed E-state index contributed by atoms with van der Waals surface area (Å²) in [4.78, 5) is 4.86. The monoisotopic (exact) mass is 521 g/mol. The predicted octanol–water partition coefficient (Wildman–Crippen LogP) is 7.37. The molecule has 10 heteroatoms. The molecule has 0 amide bonds. The number of rotatable bonds is 12. The van der Waals surface area contributed by atoms with Crippen LogP contribution in [-0.2, 0) is 10.8 Å². The quantitative estimate of drug-likeness (QED) is 0.166. The van der Waals surface area contributed by atoms with Crippen LogP contribution in [0.4, 0.5) is 8.78 Å². The first-order chi connectivity index (χ1) is 15.6. The van der Waals surface area contributed by atoms with Crippen molar-refractivity contribution in [1.82, 2.24) is 0 Å². The number of alkyl halides is 2. The molecular formula is C23H24Cl3F2NO4. The molecule has 2 rings (SSSR count). The van der Waals surface area contributed by atoms with E-state index in [0.717, 1.165) is 6.92 Å². The molecule has 0 spiro atoms. The van der Waals surface area contributed by atoms with Gasteiger partial charge in [0, 0.05) is 30.5 Å². The van der Waals surface area contributed by atoms with Gasteiger partial charge in [0.25, 0.3) is 5.92 Å². The molecular weight excluding hydrogens is 499 g/mol. The zero-order chi connectivity index (χ0) is 24.4. The highest BCUT2D eigenvalue weighted by atomic mass is 35.5. The van der Waals surface area contributed by atoms with Crippen molar-refractivity contribution < 1.29 is 27.8 Å². The summed E-state index contributed by atoms with van der Waals surface area (Å²) in [6.45, 7) is 3.38. The van der Waals surface area contributed by atoms with Crippen LogP contribution in [0, 0.1) is 0 Å². The van der Waals surface area contributed by atoms with Crippen molar-refractivity contribution in [3.8, 4) is 17.2 Å². The molecule has 0 fully saturated rings. The Labute approximate surface area is 206 Å². The molecule has 0 atom stereocenters. The lowest BCUT2D eigenvalue weighted by Gasteiger charge is -2.15. The van der Waals surface area contributed by atoms with Crippen LogP contribution in [-0.4, -0.2) is 32.6 Å². The molecule has 180 valence electrons. The van der Waals surface area contributed by atoms with Gasteiger partial charge >= 0.3 is 0 Å². The lowest BCUT2D eigenvalue weighted by molar-refractivity contribution is 0.0174. The highest BCUT2D eigenvalue weighted by Crippen LogP contribution is 2.34. The summed E-state index contributed by atoms with van der Waals surface area (Å²) in [7, 11) is 1.44. The fourth-order valence-corrected chi connectivity index (χ4v) is 3.11. The number of oxime groups is 1. The molecule has 0 N–H and O–H groups in total. The van der Waals surface area contributed by atoms with E-state index in [4.69, 9.17) is 53.9 Å². The summed E-state index contributed by atoms with van der Waals surface area (Å²) in [6.07, 6.45) is 2.03. The van der Waals surface area contributed by atoms with Gasteiger partial charge in [0.1, 0.15) is 35.5 Å². The van der Waals surface area contributed by atoms with Crippen molar-refractivity contribution in [2.75, 3.05) is 26.9 Å². The molecule has 0 aliphatic heterocycles. The first-order valence-electron chi connectivity index (χ1n) is 9.91. The van der Waals surface area contributed by atoms with Crippen molar-refractivity contribution in [2.24, 2.45) is 5.16 Å². The zero-order valence-electron chi connectivity index (χ0n) is 18.3. The summed E-state index contributed by atoms with van der Waals surface area (Å²) in [5, 5.41) is 4.27. The van der Waals surface area contributed by atoms with Gasteiger partial charge in [-0.3, -0.25) is 0 Å². The number of benzene rings is 2. The van der Waals surface area contributed by atoms with Gasteiger partial charge in [-0.1, -0.05) is 40.0 Å². The Morgan fingerprint density at radius 1 is 1.03 bits per heavy atom. The van der Waals surface area contributed by atoms with E-state index in [1.807, 2.05) is 0 Å². The lowest BCUT2D eigenvalue weighted by Crippen LogP contribution is -2.09. The fourth-order valence-electron chi connectivity index (χ4n) is 2.72. The first-order valence-corrected chi connectivity index (χ1v) is 11.0. The predicted molar refractivity (Wildman–Crippen MR) is 128 cm³/mol. The van der Waals surface area contributed by atoms with Gasteiger partial charge in [0.05, 0.1) is 23.9 Å². The number of ether oxygens (including phenoxy) is 3. The smallest absolute Gasteiger partial charge is 0.270 e. The minimum atomic E-state index is -2.89. The maximum atomic E-state index is 13.3. The molecule has 2 aromatic rings. The van der Waals surface area contributed by atoms with Crippen molar-refractivity contribution >= 4 is 40.5 Å². The van der Waals surface area contributed by atoms with Crippen LogP contribution < -0.4 is 14.2 Å². The van der Waals surface area contributed by atoms with Gasteiger partial charge in [-0.05, 0) is 43.3 Å². The number of nitrogens with zero attached hydrogens (tertiary/aromatic N) is 1. The maximum Gasteiger partial charge on any atom is 0.270 e. The third kappa shape index (κ3) is 8.91. The van der Waals surface area contributed by atoms with Crippen molar-refractivity contribution in [3.63, 3.8) is 0 Å². The van der Waals surface area contributed by atoms with Crippen LogP contribution in [0.15, 0.2) is 52.1 Å². The average Bonchev–Trinajstić information content (AvgIpc) is 2.74. The molecule has 0 aliphatic carbocycles. The topological polar surface area (TPSA) is 49.3 Å². The second-order valence-electron chi connectivity index (χ2n) is 6.91. The van der Waals surface area contributed by atoms with E-state index in [1.165, 1.54) is 37.5 Å². The third-order valence-electron chi connectivity index (χ3n) is 4.29. The molecule has 0 aromatic heterocycles. The number of halogens is 5. The summed E-state index contributed by atoms with van der Waals surface area (Å²) < 4.78 is 43.7. The SMILES string of the molecule is CO/N=C(/C)c1cc(OCC=C(Cl)Cl)cc(Cl)c1OCCCOc1ccc(C(C)(F)F)cc1. The molecule has 0 heterocycles. The van der Waals surface area contributed by atoms with Gasteiger partial charge in [-0.2, -0.15) is 0 Å². The van der Waals surface area contributed by atoms with Crippen molar-refractivity contribution in [3.05, 3.63) is 63.1 Å². The van der Waals surface area contributed by atoms with Gasteiger partial charge in [0.15, 0.2) is 0 Å². The van der Waals surface area contributed by atoms with E-state index < -0.39 is 5.92 Å². The zero-order valence-corrected chi connectivity index (χ0v) is 20.6. The summed E-state index contributed by atoms with van der Waals surface area (Å²) in [5.41, 5.74) is 1.06. The Morgan fingerprint density at radius 2 is 1.70 bits per heavy atom. The van der Waals surface area contributed by atoms with Crippen LogP contribution in [0.5, 0.6) is 17.2 Å². The van der Waals surface area contributed by atoms with Crippen molar-refractivity contribution in [2.45, 2.75) is 26.2 Å². The van der Waals surface area contributed by atoms with E-state index in [9.17, 15) is 8.78 Å². The van der Waals surface area contributed by atoms with Crippen LogP contribution >= 0.6 is 34.8 Å². The molecule has 5 nitrogen and oxygen atoms in total. The molecule has 0 saturated carbocycles. The molecule has 0 radical (unpaired) electrons. The van der Waals surface area contributed by atoms with Crippen molar-refractivity contribution in [1.29, 1.82) is 0 Å². The summed E-state index contributed by atoms with van der Waals surface area (Å²) in [5.74, 6) is -1.49. The Bertz CT molecular complexity index is 973. The minimum Gasteiger partial charge on any atom is -0.493 e. The van der Waals surface area contributed by atoms with Crippen LogP contribution in [0.2, 0.25) is 5.02 Å². The molecule has 0 bridgehead atoms.